The Morgan fingerprint density at radius 1 is 1.55 bits per heavy atom. The quantitative estimate of drug-likeness (QED) is 0.617. The molecule has 0 saturated heterocycles. The summed E-state index contributed by atoms with van der Waals surface area (Å²) in [5.41, 5.74) is 1.03. The van der Waals surface area contributed by atoms with Crippen molar-refractivity contribution in [2.75, 3.05) is 12.9 Å². The summed E-state index contributed by atoms with van der Waals surface area (Å²) in [6.45, 7) is 1.75. The number of aliphatic hydroxyl groups is 1. The van der Waals surface area contributed by atoms with Crippen LogP contribution >= 0.6 is 27.7 Å². The van der Waals surface area contributed by atoms with Gasteiger partial charge in [0.1, 0.15) is 0 Å². The number of hydrogen-bond acceptors (Lipinski definition) is 4. The molecule has 0 heterocycles. The molecule has 1 aliphatic carbocycles. The molecule has 0 spiro atoms. The number of methoxy groups -OCH3 is 1. The summed E-state index contributed by atoms with van der Waals surface area (Å²) < 4.78 is 5.75. The number of esters is 1. The molecule has 1 saturated carbocycles. The lowest BCUT2D eigenvalue weighted by Gasteiger charge is -2.14. The largest absolute Gasteiger partial charge is 0.469 e. The Bertz CT molecular complexity index is 498. The average molecular weight is 359 g/mol. The second-order valence-electron chi connectivity index (χ2n) is 5.41. The van der Waals surface area contributed by atoms with Gasteiger partial charge in [0.15, 0.2) is 0 Å². The minimum atomic E-state index is -0.459. The van der Waals surface area contributed by atoms with Gasteiger partial charge in [0.2, 0.25) is 0 Å². The van der Waals surface area contributed by atoms with Crippen LogP contribution in [0, 0.1) is 5.41 Å². The number of aliphatic hydroxyl groups excluding tert-OH is 1. The predicted molar refractivity (Wildman–Crippen MR) is 83.8 cm³/mol. The van der Waals surface area contributed by atoms with Gasteiger partial charge in [-0.15, -0.1) is 11.8 Å². The first-order chi connectivity index (χ1) is 9.46. The van der Waals surface area contributed by atoms with Crippen LogP contribution in [0.2, 0.25) is 0 Å². The van der Waals surface area contributed by atoms with E-state index in [2.05, 4.69) is 15.9 Å². The van der Waals surface area contributed by atoms with E-state index in [0.29, 0.717) is 6.42 Å². The lowest BCUT2D eigenvalue weighted by molar-refractivity contribution is -0.141. The molecule has 1 aromatic carbocycles. The highest BCUT2D eigenvalue weighted by molar-refractivity contribution is 9.10. The molecule has 1 aliphatic rings. The summed E-state index contributed by atoms with van der Waals surface area (Å²) in [6, 6.07) is 5.91. The lowest BCUT2D eigenvalue weighted by Crippen LogP contribution is -2.13. The summed E-state index contributed by atoms with van der Waals surface area (Å²) in [6.07, 6.45) is 2.25. The molecule has 2 rings (SSSR count). The Kier molecular flexibility index (Phi) is 5.15. The predicted octanol–water partition coefficient (Wildman–Crippen LogP) is 3.94. The van der Waals surface area contributed by atoms with Crippen molar-refractivity contribution in [2.24, 2.45) is 5.41 Å². The summed E-state index contributed by atoms with van der Waals surface area (Å²) >= 11 is 5.30. The zero-order valence-corrected chi connectivity index (χ0v) is 14.1. The molecule has 0 unspecified atom stereocenters. The number of rotatable bonds is 6. The van der Waals surface area contributed by atoms with Gasteiger partial charge in [0.05, 0.1) is 19.6 Å². The van der Waals surface area contributed by atoms with Crippen LogP contribution in [-0.4, -0.2) is 23.9 Å². The van der Waals surface area contributed by atoms with Crippen molar-refractivity contribution >= 4 is 33.7 Å². The van der Waals surface area contributed by atoms with Crippen molar-refractivity contribution in [3.63, 3.8) is 0 Å². The number of halogens is 1. The Balaban J connectivity index is 1.96. The maximum atomic E-state index is 11.4. The Morgan fingerprint density at radius 3 is 2.75 bits per heavy atom. The standard InChI is InChI=1S/C15H19BrO3S/c1-10(17)11-3-4-13(12(16)7-11)20-9-15(5-6-15)8-14(18)19-2/h3-4,7,10,17H,5-6,8-9H2,1-2H3/t10-/m1/s1. The molecular formula is C15H19BrO3S. The fourth-order valence-corrected chi connectivity index (χ4v) is 4.01. The molecule has 1 N–H and O–H groups in total. The number of carbonyl (C=O) groups is 1. The minimum absolute atomic E-state index is 0.119. The van der Waals surface area contributed by atoms with Gasteiger partial charge in [-0.2, -0.15) is 0 Å². The summed E-state index contributed by atoms with van der Waals surface area (Å²) in [5, 5.41) is 9.56. The van der Waals surface area contributed by atoms with Crippen molar-refractivity contribution in [1.29, 1.82) is 0 Å². The van der Waals surface area contributed by atoms with Gasteiger partial charge >= 0.3 is 5.97 Å². The van der Waals surface area contributed by atoms with E-state index < -0.39 is 6.10 Å². The van der Waals surface area contributed by atoms with E-state index in [0.717, 1.165) is 33.5 Å². The second-order valence-corrected chi connectivity index (χ2v) is 7.28. The molecule has 20 heavy (non-hydrogen) atoms. The lowest BCUT2D eigenvalue weighted by atomic mass is 10.1. The number of ether oxygens (including phenoxy) is 1. The van der Waals surface area contributed by atoms with Crippen LogP contribution in [-0.2, 0) is 9.53 Å². The molecular weight excluding hydrogens is 340 g/mol. The Labute approximate surface area is 132 Å². The first-order valence-corrected chi connectivity index (χ1v) is 8.41. The number of carbonyl (C=O) groups excluding carboxylic acids is 1. The first-order valence-electron chi connectivity index (χ1n) is 6.63. The van der Waals surface area contributed by atoms with Crippen LogP contribution in [0.15, 0.2) is 27.6 Å². The third kappa shape index (κ3) is 3.99. The topological polar surface area (TPSA) is 46.5 Å². The van der Waals surface area contributed by atoms with Crippen molar-refractivity contribution in [3.8, 4) is 0 Å². The zero-order chi connectivity index (χ0) is 14.8. The van der Waals surface area contributed by atoms with E-state index >= 15 is 0 Å². The maximum Gasteiger partial charge on any atom is 0.306 e. The van der Waals surface area contributed by atoms with Crippen LogP contribution in [0.5, 0.6) is 0 Å². The molecule has 0 aliphatic heterocycles. The third-order valence-corrected chi connectivity index (χ3v) is 6.02. The SMILES string of the molecule is COC(=O)CC1(CSc2ccc([C@@H](C)O)cc2Br)CC1. The fourth-order valence-electron chi connectivity index (χ4n) is 2.05. The zero-order valence-electron chi connectivity index (χ0n) is 11.7. The van der Waals surface area contributed by atoms with E-state index in [1.165, 1.54) is 7.11 Å². The Morgan fingerprint density at radius 2 is 2.25 bits per heavy atom. The molecule has 0 amide bonds. The third-order valence-electron chi connectivity index (χ3n) is 3.68. The molecule has 0 radical (unpaired) electrons. The number of hydrogen-bond donors (Lipinski definition) is 1. The smallest absolute Gasteiger partial charge is 0.306 e. The summed E-state index contributed by atoms with van der Waals surface area (Å²) in [5.74, 6) is 0.806. The van der Waals surface area contributed by atoms with Gasteiger partial charge in [-0.3, -0.25) is 4.79 Å². The van der Waals surface area contributed by atoms with Gasteiger partial charge in [0.25, 0.3) is 0 Å². The molecule has 1 atom stereocenters. The van der Waals surface area contributed by atoms with Gasteiger partial charge in [-0.05, 0) is 58.8 Å². The molecule has 110 valence electrons. The molecule has 5 heteroatoms. The molecule has 1 aromatic rings. The van der Waals surface area contributed by atoms with E-state index in [-0.39, 0.29) is 11.4 Å². The molecule has 0 bridgehead atoms. The van der Waals surface area contributed by atoms with Crippen LogP contribution in [0.25, 0.3) is 0 Å². The van der Waals surface area contributed by atoms with Crippen molar-refractivity contribution in [1.82, 2.24) is 0 Å². The highest BCUT2D eigenvalue weighted by Gasteiger charge is 2.44. The molecule has 1 fully saturated rings. The summed E-state index contributed by atoms with van der Waals surface area (Å²) in [4.78, 5) is 12.5. The average Bonchev–Trinajstić information content (AvgIpc) is 3.17. The number of benzene rings is 1. The highest BCUT2D eigenvalue weighted by Crippen LogP contribution is 2.52. The highest BCUT2D eigenvalue weighted by atomic mass is 79.9. The second kappa shape index (κ2) is 6.50. The summed E-state index contributed by atoms with van der Waals surface area (Å²) in [7, 11) is 1.44. The van der Waals surface area contributed by atoms with Crippen molar-refractivity contribution in [2.45, 2.75) is 37.2 Å². The van der Waals surface area contributed by atoms with Crippen LogP contribution < -0.4 is 0 Å². The molecule has 0 aromatic heterocycles. The van der Waals surface area contributed by atoms with Crippen LogP contribution in [0.1, 0.15) is 37.9 Å². The maximum absolute atomic E-state index is 11.4. The monoisotopic (exact) mass is 358 g/mol. The van der Waals surface area contributed by atoms with Gasteiger partial charge in [0, 0.05) is 15.1 Å². The minimum Gasteiger partial charge on any atom is -0.469 e. The normalized spacial score (nSPS) is 17.6. The number of thioether (sulfide) groups is 1. The van der Waals surface area contributed by atoms with E-state index in [4.69, 9.17) is 4.74 Å². The van der Waals surface area contributed by atoms with E-state index in [1.807, 2.05) is 18.2 Å². The van der Waals surface area contributed by atoms with Crippen LogP contribution in [0.4, 0.5) is 0 Å². The van der Waals surface area contributed by atoms with E-state index in [9.17, 15) is 9.90 Å². The van der Waals surface area contributed by atoms with Gasteiger partial charge in [-0.25, -0.2) is 0 Å². The van der Waals surface area contributed by atoms with Gasteiger partial charge in [-0.1, -0.05) is 6.07 Å². The Hall–Kier alpha value is -0.520. The molecule has 3 nitrogen and oxygen atoms in total. The van der Waals surface area contributed by atoms with Crippen LogP contribution in [0.3, 0.4) is 0 Å². The van der Waals surface area contributed by atoms with Crippen molar-refractivity contribution in [3.05, 3.63) is 28.2 Å². The fraction of sp³-hybridized carbons (Fsp3) is 0.533. The van der Waals surface area contributed by atoms with Crippen molar-refractivity contribution < 1.29 is 14.6 Å². The van der Waals surface area contributed by atoms with Gasteiger partial charge < -0.3 is 9.84 Å². The first kappa shape index (κ1) is 15.9. The van der Waals surface area contributed by atoms with E-state index in [1.54, 1.807) is 18.7 Å².